The van der Waals surface area contributed by atoms with Crippen LogP contribution in [0.1, 0.15) is 46.5 Å². The van der Waals surface area contributed by atoms with Crippen molar-refractivity contribution in [2.75, 3.05) is 19.8 Å². The molecule has 0 aliphatic heterocycles. The fraction of sp³-hybridized carbons (Fsp3) is 0.857. The fourth-order valence-electron chi connectivity index (χ4n) is 1.87. The summed E-state index contributed by atoms with van der Waals surface area (Å²) in [5.41, 5.74) is 0. The summed E-state index contributed by atoms with van der Waals surface area (Å²) < 4.78 is 5.28. The van der Waals surface area contributed by atoms with E-state index in [4.69, 9.17) is 4.74 Å². The first-order valence-corrected chi connectivity index (χ1v) is 6.94. The maximum absolute atomic E-state index is 12.0. The topological polar surface area (TPSA) is 46.6 Å². The molecule has 4 heteroatoms. The van der Waals surface area contributed by atoms with E-state index in [0.29, 0.717) is 13.2 Å². The number of ether oxygens (including phenoxy) is 1. The molecule has 1 amide bonds. The van der Waals surface area contributed by atoms with Crippen LogP contribution >= 0.6 is 0 Å². The predicted octanol–water partition coefficient (Wildman–Crippen LogP) is 2.02. The lowest BCUT2D eigenvalue weighted by Gasteiger charge is -2.27. The summed E-state index contributed by atoms with van der Waals surface area (Å²) in [6, 6.07) is -0.332. The smallest absolute Gasteiger partial charge is 0.249 e. The van der Waals surface area contributed by atoms with Crippen LogP contribution in [-0.4, -0.2) is 42.4 Å². The maximum atomic E-state index is 12.0. The van der Waals surface area contributed by atoms with E-state index >= 15 is 0 Å². The lowest BCUT2D eigenvalue weighted by molar-refractivity contribution is -0.142. The second-order valence-corrected chi connectivity index (χ2v) is 5.16. The number of amides is 1. The largest absolute Gasteiger partial charge is 0.372 e. The molecule has 1 atom stereocenters. The molecule has 0 N–H and O–H groups in total. The molecule has 0 aromatic rings. The van der Waals surface area contributed by atoms with Crippen molar-refractivity contribution in [1.29, 1.82) is 0 Å². The number of carbonyl (C=O) groups is 2. The molecule has 18 heavy (non-hydrogen) atoms. The van der Waals surface area contributed by atoms with Crippen molar-refractivity contribution in [2.24, 2.45) is 5.92 Å². The average Bonchev–Trinajstić information content (AvgIpc) is 3.13. The summed E-state index contributed by atoms with van der Waals surface area (Å²) in [5.74, 6) is 0.734. The van der Waals surface area contributed by atoms with Crippen molar-refractivity contribution in [3.05, 3.63) is 0 Å². The zero-order chi connectivity index (χ0) is 13.5. The molecule has 0 aromatic heterocycles. The van der Waals surface area contributed by atoms with E-state index in [1.165, 1.54) is 19.8 Å². The molecule has 4 nitrogen and oxygen atoms in total. The average molecular weight is 255 g/mol. The molecule has 0 spiro atoms. The highest BCUT2D eigenvalue weighted by Crippen LogP contribution is 2.32. The Morgan fingerprint density at radius 1 is 1.39 bits per heavy atom. The van der Waals surface area contributed by atoms with Gasteiger partial charge < -0.3 is 9.64 Å². The quantitative estimate of drug-likeness (QED) is 0.592. The molecule has 0 bridgehead atoms. The Bertz CT molecular complexity index is 287. The first-order valence-electron chi connectivity index (χ1n) is 6.94. The third kappa shape index (κ3) is 5.17. The highest BCUT2D eigenvalue weighted by molar-refractivity contribution is 5.87. The number of rotatable bonds is 9. The van der Waals surface area contributed by atoms with E-state index < -0.39 is 0 Å². The summed E-state index contributed by atoms with van der Waals surface area (Å²) in [5, 5.41) is 0. The first-order chi connectivity index (χ1) is 8.56. The van der Waals surface area contributed by atoms with Gasteiger partial charge in [0.15, 0.2) is 5.78 Å². The molecule has 0 heterocycles. The zero-order valence-electron chi connectivity index (χ0n) is 11.8. The third-order valence-corrected chi connectivity index (χ3v) is 3.43. The van der Waals surface area contributed by atoms with Crippen molar-refractivity contribution in [1.82, 2.24) is 4.90 Å². The summed E-state index contributed by atoms with van der Waals surface area (Å²) in [4.78, 5) is 25.2. The molecule has 0 radical (unpaired) electrons. The molecular formula is C14H25NO3. The Morgan fingerprint density at radius 2 is 2.06 bits per heavy atom. The van der Waals surface area contributed by atoms with Crippen molar-refractivity contribution >= 4 is 11.7 Å². The van der Waals surface area contributed by atoms with Gasteiger partial charge in [0.2, 0.25) is 5.91 Å². The van der Waals surface area contributed by atoms with Gasteiger partial charge in [0.05, 0.1) is 6.04 Å². The summed E-state index contributed by atoms with van der Waals surface area (Å²) in [7, 11) is 0. The number of ketones is 1. The molecule has 1 fully saturated rings. The standard InChI is InChI=1S/C14H25NO3/c1-4-9-18-10-14(17)15(11(2)12(3)16)8-7-13-5-6-13/h11,13H,4-10H2,1-3H3. The molecule has 104 valence electrons. The highest BCUT2D eigenvalue weighted by atomic mass is 16.5. The number of hydrogen-bond acceptors (Lipinski definition) is 3. The van der Waals surface area contributed by atoms with Crippen LogP contribution in [0.3, 0.4) is 0 Å². The first kappa shape index (κ1) is 15.2. The van der Waals surface area contributed by atoms with Crippen LogP contribution in [-0.2, 0) is 14.3 Å². The van der Waals surface area contributed by atoms with Crippen molar-refractivity contribution < 1.29 is 14.3 Å². The van der Waals surface area contributed by atoms with E-state index in [0.717, 1.165) is 18.8 Å². The van der Waals surface area contributed by atoms with Gasteiger partial charge in [-0.1, -0.05) is 19.8 Å². The van der Waals surface area contributed by atoms with Gasteiger partial charge in [-0.25, -0.2) is 0 Å². The lowest BCUT2D eigenvalue weighted by atomic mass is 10.1. The normalized spacial score (nSPS) is 16.4. The van der Waals surface area contributed by atoms with Gasteiger partial charge in [-0.3, -0.25) is 9.59 Å². The third-order valence-electron chi connectivity index (χ3n) is 3.43. The van der Waals surface area contributed by atoms with Crippen LogP contribution in [0.15, 0.2) is 0 Å². The molecule has 1 unspecified atom stereocenters. The minimum atomic E-state index is -0.332. The van der Waals surface area contributed by atoms with Crippen LogP contribution in [0.4, 0.5) is 0 Å². The Balaban J connectivity index is 2.45. The monoisotopic (exact) mass is 255 g/mol. The molecule has 0 aromatic carbocycles. The molecule has 1 aliphatic rings. The molecular weight excluding hydrogens is 230 g/mol. The lowest BCUT2D eigenvalue weighted by Crippen LogP contribution is -2.44. The van der Waals surface area contributed by atoms with Crippen LogP contribution in [0.25, 0.3) is 0 Å². The van der Waals surface area contributed by atoms with Gasteiger partial charge >= 0.3 is 0 Å². The Hall–Kier alpha value is -0.900. The SMILES string of the molecule is CCCOCC(=O)N(CCC1CC1)C(C)C(C)=O. The highest BCUT2D eigenvalue weighted by Gasteiger charge is 2.27. The van der Waals surface area contributed by atoms with Crippen molar-refractivity contribution in [3.8, 4) is 0 Å². The Morgan fingerprint density at radius 3 is 2.56 bits per heavy atom. The van der Waals surface area contributed by atoms with Gasteiger partial charge in [0.25, 0.3) is 0 Å². The van der Waals surface area contributed by atoms with Crippen LogP contribution in [0.5, 0.6) is 0 Å². The van der Waals surface area contributed by atoms with Crippen LogP contribution in [0, 0.1) is 5.92 Å². The van der Waals surface area contributed by atoms with Gasteiger partial charge in [0.1, 0.15) is 6.61 Å². The molecule has 1 saturated carbocycles. The van der Waals surface area contributed by atoms with Crippen LogP contribution < -0.4 is 0 Å². The molecule has 0 saturated heterocycles. The fourth-order valence-corrected chi connectivity index (χ4v) is 1.87. The number of Topliss-reactive ketones (excluding diaryl/α,β-unsaturated/α-hetero) is 1. The zero-order valence-corrected chi connectivity index (χ0v) is 11.8. The maximum Gasteiger partial charge on any atom is 0.249 e. The van der Waals surface area contributed by atoms with Gasteiger partial charge in [-0.2, -0.15) is 0 Å². The molecule has 1 aliphatic carbocycles. The number of carbonyl (C=O) groups excluding carboxylic acids is 2. The number of nitrogens with zero attached hydrogens (tertiary/aromatic N) is 1. The Kier molecular flexibility index (Phi) is 6.33. The minimum absolute atomic E-state index is 0.0367. The van der Waals surface area contributed by atoms with Crippen molar-refractivity contribution in [2.45, 2.75) is 52.5 Å². The van der Waals surface area contributed by atoms with Crippen molar-refractivity contribution in [3.63, 3.8) is 0 Å². The number of hydrogen-bond donors (Lipinski definition) is 0. The van der Waals surface area contributed by atoms with E-state index in [9.17, 15) is 9.59 Å². The second kappa shape index (κ2) is 7.52. The Labute approximate surface area is 110 Å². The minimum Gasteiger partial charge on any atom is -0.372 e. The predicted molar refractivity (Wildman–Crippen MR) is 70.3 cm³/mol. The van der Waals surface area contributed by atoms with E-state index in [-0.39, 0.29) is 24.3 Å². The van der Waals surface area contributed by atoms with E-state index in [1.54, 1.807) is 11.8 Å². The van der Waals surface area contributed by atoms with E-state index in [2.05, 4.69) is 0 Å². The van der Waals surface area contributed by atoms with Gasteiger partial charge in [-0.05, 0) is 32.6 Å². The van der Waals surface area contributed by atoms with Gasteiger partial charge in [-0.15, -0.1) is 0 Å². The summed E-state index contributed by atoms with van der Waals surface area (Å²) in [6.07, 6.45) is 4.44. The molecule has 1 rings (SSSR count). The van der Waals surface area contributed by atoms with E-state index in [1.807, 2.05) is 6.92 Å². The van der Waals surface area contributed by atoms with Crippen LogP contribution in [0.2, 0.25) is 0 Å². The van der Waals surface area contributed by atoms with Gasteiger partial charge in [0, 0.05) is 13.2 Å². The summed E-state index contributed by atoms with van der Waals surface area (Å²) >= 11 is 0. The second-order valence-electron chi connectivity index (χ2n) is 5.16. The summed E-state index contributed by atoms with van der Waals surface area (Å²) in [6.45, 7) is 6.71.